The Morgan fingerprint density at radius 3 is 1.68 bits per heavy atom. The molecule has 0 bridgehead atoms. The molecule has 10 aromatic rings. The molecule has 0 atom stereocenters. The first kappa shape index (κ1) is 31.2. The molecule has 256 valence electrons. The molecule has 0 aliphatic heterocycles. The summed E-state index contributed by atoms with van der Waals surface area (Å²) >= 11 is 0. The van der Waals surface area contributed by atoms with E-state index in [-0.39, 0.29) is 0 Å². The molecule has 6 heteroatoms. The summed E-state index contributed by atoms with van der Waals surface area (Å²) in [4.78, 5) is 15.7. The van der Waals surface area contributed by atoms with Gasteiger partial charge in [0, 0.05) is 39.0 Å². The minimum atomic E-state index is 0.326. The molecule has 10 rings (SSSR count). The first-order valence-electron chi connectivity index (χ1n) is 18.4. The van der Waals surface area contributed by atoms with Crippen molar-refractivity contribution in [3.8, 4) is 28.7 Å². The molecular weight excluding hydrogens is 649 g/mol. The van der Waals surface area contributed by atoms with E-state index in [9.17, 15) is 0 Å². The third-order valence-corrected chi connectivity index (χ3v) is 10.7. The summed E-state index contributed by atoms with van der Waals surface area (Å²) in [7, 11) is 0. The SMILES string of the molecule is CC(C)c1cccc(C(C)C)c1-c1nc2ccc(-n3c4ccccc4c4cc5c6ccccc6n(-c6ccccn6)c5cc43)nc2n1-c1ccccc1. The second-order valence-electron chi connectivity index (χ2n) is 14.5. The molecule has 0 N–H and O–H groups in total. The fourth-order valence-corrected chi connectivity index (χ4v) is 8.28. The number of rotatable bonds is 6. The summed E-state index contributed by atoms with van der Waals surface area (Å²) in [6, 6.07) is 49.5. The molecular formula is C47H38N6. The van der Waals surface area contributed by atoms with Gasteiger partial charge in [-0.3, -0.25) is 13.7 Å². The fraction of sp³-hybridized carbons (Fsp3) is 0.128. The lowest BCUT2D eigenvalue weighted by Gasteiger charge is -2.20. The maximum Gasteiger partial charge on any atom is 0.167 e. The second-order valence-corrected chi connectivity index (χ2v) is 14.5. The van der Waals surface area contributed by atoms with E-state index in [0.717, 1.165) is 56.4 Å². The second kappa shape index (κ2) is 12.0. The van der Waals surface area contributed by atoms with Gasteiger partial charge in [-0.05, 0) is 83.6 Å². The number of fused-ring (bicyclic) bond motifs is 7. The van der Waals surface area contributed by atoms with Gasteiger partial charge in [0.15, 0.2) is 5.65 Å². The van der Waals surface area contributed by atoms with Gasteiger partial charge in [0.25, 0.3) is 0 Å². The van der Waals surface area contributed by atoms with E-state index in [0.29, 0.717) is 11.8 Å². The summed E-state index contributed by atoms with van der Waals surface area (Å²) in [6.07, 6.45) is 1.86. The Balaban J connectivity index is 1.30. The lowest BCUT2D eigenvalue weighted by atomic mass is 9.88. The van der Waals surface area contributed by atoms with Crippen LogP contribution in [-0.4, -0.2) is 28.7 Å². The van der Waals surface area contributed by atoms with Gasteiger partial charge in [0.2, 0.25) is 0 Å². The maximum absolute atomic E-state index is 5.54. The van der Waals surface area contributed by atoms with Gasteiger partial charge in [-0.2, -0.15) is 0 Å². The molecule has 0 saturated carbocycles. The van der Waals surface area contributed by atoms with E-state index in [2.05, 4.69) is 169 Å². The van der Waals surface area contributed by atoms with Crippen LogP contribution in [0.25, 0.3) is 83.5 Å². The summed E-state index contributed by atoms with van der Waals surface area (Å²) in [5.41, 5.74) is 10.9. The number of hydrogen-bond donors (Lipinski definition) is 0. The summed E-state index contributed by atoms with van der Waals surface area (Å²) in [5.74, 6) is 3.31. The predicted octanol–water partition coefficient (Wildman–Crippen LogP) is 11.9. The van der Waals surface area contributed by atoms with E-state index in [1.54, 1.807) is 0 Å². The highest BCUT2D eigenvalue weighted by Gasteiger charge is 2.25. The number of imidazole rings is 1. The van der Waals surface area contributed by atoms with Gasteiger partial charge < -0.3 is 0 Å². The average Bonchev–Trinajstić information content (AvgIpc) is 3.84. The normalized spacial score (nSPS) is 12.1. The number of nitrogens with zero attached hydrogens (tertiary/aromatic N) is 6. The van der Waals surface area contributed by atoms with Crippen LogP contribution < -0.4 is 0 Å². The van der Waals surface area contributed by atoms with Crippen molar-refractivity contribution in [2.75, 3.05) is 0 Å². The van der Waals surface area contributed by atoms with Crippen molar-refractivity contribution in [3.63, 3.8) is 0 Å². The smallest absolute Gasteiger partial charge is 0.167 e. The van der Waals surface area contributed by atoms with Crippen molar-refractivity contribution >= 4 is 54.8 Å². The molecule has 0 unspecified atom stereocenters. The Morgan fingerprint density at radius 1 is 0.453 bits per heavy atom. The van der Waals surface area contributed by atoms with Crippen molar-refractivity contribution in [2.24, 2.45) is 0 Å². The summed E-state index contributed by atoms with van der Waals surface area (Å²) in [6.45, 7) is 9.06. The van der Waals surface area contributed by atoms with E-state index >= 15 is 0 Å². The van der Waals surface area contributed by atoms with Crippen LogP contribution in [0.1, 0.15) is 50.7 Å². The zero-order valence-corrected chi connectivity index (χ0v) is 30.2. The van der Waals surface area contributed by atoms with Crippen molar-refractivity contribution in [1.82, 2.24) is 28.7 Å². The monoisotopic (exact) mass is 686 g/mol. The van der Waals surface area contributed by atoms with Crippen LogP contribution in [0.4, 0.5) is 0 Å². The number of para-hydroxylation sites is 3. The first-order valence-corrected chi connectivity index (χ1v) is 18.4. The minimum Gasteiger partial charge on any atom is -0.294 e. The highest BCUT2D eigenvalue weighted by Crippen LogP contribution is 2.41. The topological polar surface area (TPSA) is 53.5 Å². The molecule has 0 aliphatic carbocycles. The van der Waals surface area contributed by atoms with Crippen LogP contribution in [0.3, 0.4) is 0 Å². The number of aromatic nitrogens is 6. The van der Waals surface area contributed by atoms with Crippen molar-refractivity contribution in [3.05, 3.63) is 157 Å². The molecule has 6 nitrogen and oxygen atoms in total. The molecule has 5 aromatic heterocycles. The largest absolute Gasteiger partial charge is 0.294 e. The van der Waals surface area contributed by atoms with E-state index in [4.69, 9.17) is 15.0 Å². The fourth-order valence-electron chi connectivity index (χ4n) is 8.28. The Labute approximate surface area is 307 Å². The molecule has 53 heavy (non-hydrogen) atoms. The quantitative estimate of drug-likeness (QED) is 0.175. The molecule has 0 radical (unpaired) electrons. The van der Waals surface area contributed by atoms with E-state index in [1.807, 2.05) is 18.3 Å². The van der Waals surface area contributed by atoms with Crippen LogP contribution in [0, 0.1) is 0 Å². The third kappa shape index (κ3) is 4.75. The van der Waals surface area contributed by atoms with E-state index in [1.165, 1.54) is 38.2 Å². The first-order chi connectivity index (χ1) is 26.0. The molecule has 0 fully saturated rings. The molecule has 0 aliphatic rings. The Kier molecular flexibility index (Phi) is 7.09. The summed E-state index contributed by atoms with van der Waals surface area (Å²) in [5, 5.41) is 4.77. The van der Waals surface area contributed by atoms with Crippen LogP contribution in [0.2, 0.25) is 0 Å². The number of benzene rings is 5. The third-order valence-electron chi connectivity index (χ3n) is 10.7. The predicted molar refractivity (Wildman–Crippen MR) is 219 cm³/mol. The Bertz CT molecular complexity index is 2970. The van der Waals surface area contributed by atoms with Crippen LogP contribution in [0.15, 0.2) is 146 Å². The van der Waals surface area contributed by atoms with Crippen molar-refractivity contribution < 1.29 is 0 Å². The minimum absolute atomic E-state index is 0.326. The Hall–Kier alpha value is -6.53. The number of pyridine rings is 2. The molecule has 0 spiro atoms. The van der Waals surface area contributed by atoms with Gasteiger partial charge in [0.05, 0.1) is 22.1 Å². The average molecular weight is 687 g/mol. The molecule has 5 heterocycles. The van der Waals surface area contributed by atoms with Crippen molar-refractivity contribution in [1.29, 1.82) is 0 Å². The Morgan fingerprint density at radius 2 is 1.06 bits per heavy atom. The van der Waals surface area contributed by atoms with Gasteiger partial charge in [0.1, 0.15) is 23.0 Å². The van der Waals surface area contributed by atoms with Crippen molar-refractivity contribution in [2.45, 2.75) is 39.5 Å². The van der Waals surface area contributed by atoms with Gasteiger partial charge in [-0.15, -0.1) is 0 Å². The zero-order valence-electron chi connectivity index (χ0n) is 30.2. The highest BCUT2D eigenvalue weighted by molar-refractivity contribution is 6.19. The standard InChI is InChI=1S/C47H38N6/c1-29(2)32-19-14-20-33(30(3)4)45(32)47-49-38-24-25-44(50-46(38)51(47)31-15-6-5-7-16-31)53-40-22-11-9-18-35(40)37-27-36-34-17-8-10-21-39(34)52(41(36)28-42(37)53)43-23-12-13-26-48-43/h5-30H,1-4H3. The lowest BCUT2D eigenvalue weighted by Crippen LogP contribution is -2.06. The molecule has 5 aromatic carbocycles. The van der Waals surface area contributed by atoms with E-state index < -0.39 is 0 Å². The van der Waals surface area contributed by atoms with Crippen LogP contribution in [-0.2, 0) is 0 Å². The van der Waals surface area contributed by atoms with Gasteiger partial charge in [-0.1, -0.05) is 107 Å². The zero-order chi connectivity index (χ0) is 35.8. The lowest BCUT2D eigenvalue weighted by molar-refractivity contribution is 0.832. The highest BCUT2D eigenvalue weighted by atomic mass is 15.2. The number of hydrogen-bond acceptors (Lipinski definition) is 3. The van der Waals surface area contributed by atoms with Gasteiger partial charge in [-0.25, -0.2) is 15.0 Å². The molecule has 0 amide bonds. The van der Waals surface area contributed by atoms with Crippen LogP contribution in [0.5, 0.6) is 0 Å². The summed E-state index contributed by atoms with van der Waals surface area (Å²) < 4.78 is 6.85. The van der Waals surface area contributed by atoms with Crippen LogP contribution >= 0.6 is 0 Å². The maximum atomic E-state index is 5.54. The molecule has 0 saturated heterocycles. The van der Waals surface area contributed by atoms with Gasteiger partial charge >= 0.3 is 0 Å².